The first-order valence-corrected chi connectivity index (χ1v) is 6.46. The molecule has 3 heteroatoms. The van der Waals surface area contributed by atoms with E-state index in [4.69, 9.17) is 0 Å². The molecule has 0 aliphatic carbocycles. The molecule has 0 saturated heterocycles. The number of pyridine rings is 1. The highest BCUT2D eigenvalue weighted by atomic mass is 19.1. The van der Waals surface area contributed by atoms with Gasteiger partial charge < -0.3 is 5.32 Å². The van der Waals surface area contributed by atoms with Crippen LogP contribution in [0.25, 0.3) is 0 Å². The minimum Gasteiger partial charge on any atom is -0.312 e. The second-order valence-corrected chi connectivity index (χ2v) is 4.86. The molecule has 2 rings (SSSR count). The monoisotopic (exact) mass is 258 g/mol. The Balaban J connectivity index is 2.34. The van der Waals surface area contributed by atoms with E-state index in [-0.39, 0.29) is 17.8 Å². The van der Waals surface area contributed by atoms with Crippen LogP contribution >= 0.6 is 0 Å². The lowest BCUT2D eigenvalue weighted by molar-refractivity contribution is 0.477. The van der Waals surface area contributed by atoms with Gasteiger partial charge in [-0.05, 0) is 43.3 Å². The fourth-order valence-corrected chi connectivity index (χ4v) is 2.42. The van der Waals surface area contributed by atoms with E-state index in [0.717, 1.165) is 11.1 Å². The maximum absolute atomic E-state index is 14.1. The fraction of sp³-hybridized carbons (Fsp3) is 0.312. The molecular formula is C16H19FN2. The molecule has 2 atom stereocenters. The minimum absolute atomic E-state index is 0.0528. The standard InChI is InChI=1S/C16H19FN2/c1-11-4-5-14(15(17)10-11)16(18-3)12(2)13-6-8-19-9-7-13/h4-10,12,16,18H,1-3H3. The molecule has 100 valence electrons. The van der Waals surface area contributed by atoms with Gasteiger partial charge in [0.2, 0.25) is 0 Å². The van der Waals surface area contributed by atoms with Crippen molar-refractivity contribution in [1.29, 1.82) is 0 Å². The Morgan fingerprint density at radius 3 is 2.42 bits per heavy atom. The second kappa shape index (κ2) is 5.93. The normalized spacial score (nSPS) is 14.1. The summed E-state index contributed by atoms with van der Waals surface area (Å²) in [5, 5.41) is 3.22. The smallest absolute Gasteiger partial charge is 0.128 e. The highest BCUT2D eigenvalue weighted by Crippen LogP contribution is 2.31. The van der Waals surface area contributed by atoms with Gasteiger partial charge in [0.05, 0.1) is 0 Å². The molecule has 0 bridgehead atoms. The summed E-state index contributed by atoms with van der Waals surface area (Å²) in [6, 6.07) is 9.29. The van der Waals surface area contributed by atoms with Crippen LogP contribution in [0.3, 0.4) is 0 Å². The molecule has 2 nitrogen and oxygen atoms in total. The van der Waals surface area contributed by atoms with Gasteiger partial charge in [-0.15, -0.1) is 0 Å². The van der Waals surface area contributed by atoms with Crippen molar-refractivity contribution in [1.82, 2.24) is 10.3 Å². The van der Waals surface area contributed by atoms with Crippen LogP contribution in [0.2, 0.25) is 0 Å². The summed E-state index contributed by atoms with van der Waals surface area (Å²) in [5.41, 5.74) is 2.79. The van der Waals surface area contributed by atoms with Gasteiger partial charge in [-0.1, -0.05) is 19.1 Å². The van der Waals surface area contributed by atoms with Crippen LogP contribution in [0.4, 0.5) is 4.39 Å². The number of nitrogens with zero attached hydrogens (tertiary/aromatic N) is 1. The lowest BCUT2D eigenvalue weighted by atomic mass is 9.88. The van der Waals surface area contributed by atoms with Crippen LogP contribution in [0.15, 0.2) is 42.7 Å². The van der Waals surface area contributed by atoms with Gasteiger partial charge in [0.25, 0.3) is 0 Å². The van der Waals surface area contributed by atoms with Crippen molar-refractivity contribution in [2.75, 3.05) is 7.05 Å². The van der Waals surface area contributed by atoms with Gasteiger partial charge in [0.15, 0.2) is 0 Å². The second-order valence-electron chi connectivity index (χ2n) is 4.86. The molecule has 0 radical (unpaired) electrons. The maximum Gasteiger partial charge on any atom is 0.128 e. The average Bonchev–Trinajstić information content (AvgIpc) is 2.42. The van der Waals surface area contributed by atoms with Crippen LogP contribution in [0.5, 0.6) is 0 Å². The minimum atomic E-state index is -0.153. The first kappa shape index (κ1) is 13.7. The highest BCUT2D eigenvalue weighted by molar-refractivity contribution is 5.30. The Morgan fingerprint density at radius 2 is 1.84 bits per heavy atom. The molecule has 0 aliphatic rings. The topological polar surface area (TPSA) is 24.9 Å². The molecular weight excluding hydrogens is 239 g/mol. The van der Waals surface area contributed by atoms with E-state index >= 15 is 0 Å². The van der Waals surface area contributed by atoms with Gasteiger partial charge >= 0.3 is 0 Å². The van der Waals surface area contributed by atoms with Gasteiger partial charge in [0, 0.05) is 29.9 Å². The maximum atomic E-state index is 14.1. The molecule has 0 spiro atoms. The Hall–Kier alpha value is -1.74. The summed E-state index contributed by atoms with van der Waals surface area (Å²) < 4.78 is 14.1. The lowest BCUT2D eigenvalue weighted by Gasteiger charge is -2.25. The Bertz CT molecular complexity index is 540. The predicted octanol–water partition coefficient (Wildman–Crippen LogP) is 3.59. The number of nitrogens with one attached hydrogen (secondary N) is 1. The molecule has 1 aromatic heterocycles. The van der Waals surface area contributed by atoms with E-state index < -0.39 is 0 Å². The number of rotatable bonds is 4. The van der Waals surface area contributed by atoms with Crippen molar-refractivity contribution < 1.29 is 4.39 Å². The third-order valence-corrected chi connectivity index (χ3v) is 3.53. The predicted molar refractivity (Wildman–Crippen MR) is 75.6 cm³/mol. The molecule has 2 aromatic rings. The number of benzene rings is 1. The van der Waals surface area contributed by atoms with Crippen LogP contribution < -0.4 is 5.32 Å². The molecule has 0 fully saturated rings. The van der Waals surface area contributed by atoms with Crippen LogP contribution in [-0.4, -0.2) is 12.0 Å². The Kier molecular flexibility index (Phi) is 4.27. The van der Waals surface area contributed by atoms with E-state index in [2.05, 4.69) is 17.2 Å². The van der Waals surface area contributed by atoms with Gasteiger partial charge in [-0.3, -0.25) is 4.98 Å². The largest absolute Gasteiger partial charge is 0.312 e. The van der Waals surface area contributed by atoms with Gasteiger partial charge in [-0.25, -0.2) is 4.39 Å². The number of hydrogen-bond acceptors (Lipinski definition) is 2. The zero-order valence-electron chi connectivity index (χ0n) is 11.5. The summed E-state index contributed by atoms with van der Waals surface area (Å²) >= 11 is 0. The highest BCUT2D eigenvalue weighted by Gasteiger charge is 2.21. The van der Waals surface area contributed by atoms with Crippen molar-refractivity contribution in [3.05, 3.63) is 65.2 Å². The van der Waals surface area contributed by atoms with E-state index in [1.54, 1.807) is 18.5 Å². The van der Waals surface area contributed by atoms with Crippen LogP contribution in [0.1, 0.15) is 35.6 Å². The van der Waals surface area contributed by atoms with Crippen molar-refractivity contribution >= 4 is 0 Å². The zero-order valence-corrected chi connectivity index (χ0v) is 11.5. The molecule has 0 amide bonds. The molecule has 19 heavy (non-hydrogen) atoms. The quantitative estimate of drug-likeness (QED) is 0.906. The fourth-order valence-electron chi connectivity index (χ4n) is 2.42. The van der Waals surface area contributed by atoms with Gasteiger partial charge in [0.1, 0.15) is 5.82 Å². The molecule has 0 saturated carbocycles. The van der Waals surface area contributed by atoms with Gasteiger partial charge in [-0.2, -0.15) is 0 Å². The lowest BCUT2D eigenvalue weighted by Crippen LogP contribution is -2.23. The number of likely N-dealkylation sites (N-methyl/N-ethyl adjacent to an activating group) is 1. The number of hydrogen-bond donors (Lipinski definition) is 1. The number of aromatic nitrogens is 1. The number of aryl methyl sites for hydroxylation is 1. The molecule has 0 aliphatic heterocycles. The van der Waals surface area contributed by atoms with Crippen molar-refractivity contribution in [3.8, 4) is 0 Å². The summed E-state index contributed by atoms with van der Waals surface area (Å²) in [7, 11) is 1.86. The van der Waals surface area contributed by atoms with Crippen molar-refractivity contribution in [2.24, 2.45) is 0 Å². The van der Waals surface area contributed by atoms with E-state index in [9.17, 15) is 4.39 Å². The first-order chi connectivity index (χ1) is 9.13. The summed E-state index contributed by atoms with van der Waals surface area (Å²) in [6.45, 7) is 3.99. The molecule has 1 aromatic carbocycles. The molecule has 1 N–H and O–H groups in total. The van der Waals surface area contributed by atoms with Crippen molar-refractivity contribution in [3.63, 3.8) is 0 Å². The SMILES string of the molecule is CNC(c1ccc(C)cc1F)C(C)c1ccncc1. The Morgan fingerprint density at radius 1 is 1.16 bits per heavy atom. The molecule has 1 heterocycles. The summed E-state index contributed by atoms with van der Waals surface area (Å²) in [4.78, 5) is 4.02. The number of halogens is 1. The Labute approximate surface area is 113 Å². The van der Waals surface area contributed by atoms with E-state index in [0.29, 0.717) is 5.56 Å². The van der Waals surface area contributed by atoms with E-state index in [1.165, 1.54) is 0 Å². The molecule has 2 unspecified atom stereocenters. The first-order valence-electron chi connectivity index (χ1n) is 6.46. The van der Waals surface area contributed by atoms with E-state index in [1.807, 2.05) is 38.2 Å². The van der Waals surface area contributed by atoms with Crippen LogP contribution in [-0.2, 0) is 0 Å². The summed E-state index contributed by atoms with van der Waals surface area (Å²) in [5.74, 6) is 0.0189. The average molecular weight is 258 g/mol. The van der Waals surface area contributed by atoms with Crippen LogP contribution in [0, 0.1) is 12.7 Å². The van der Waals surface area contributed by atoms with Crippen molar-refractivity contribution in [2.45, 2.75) is 25.8 Å². The third-order valence-electron chi connectivity index (χ3n) is 3.53. The third kappa shape index (κ3) is 2.99. The zero-order chi connectivity index (χ0) is 13.8. The summed E-state index contributed by atoms with van der Waals surface area (Å²) in [6.07, 6.45) is 3.54.